The number of aliphatic hydroxyl groups is 1. The molecule has 0 aromatic carbocycles. The molecule has 1 fully saturated rings. The summed E-state index contributed by atoms with van der Waals surface area (Å²) in [5.41, 5.74) is 0.427. The maximum absolute atomic E-state index is 14.3. The van der Waals surface area contributed by atoms with E-state index in [0.29, 0.717) is 5.69 Å². The maximum atomic E-state index is 14.3. The van der Waals surface area contributed by atoms with Gasteiger partial charge >= 0.3 is 12.3 Å². The number of halogens is 4. The Hall–Kier alpha value is -3.22. The molecule has 2 aromatic rings. The molecule has 0 bridgehead atoms. The highest BCUT2D eigenvalue weighted by Crippen LogP contribution is 2.27. The highest BCUT2D eigenvalue weighted by Gasteiger charge is 2.39. The quantitative estimate of drug-likeness (QED) is 0.627. The van der Waals surface area contributed by atoms with Crippen molar-refractivity contribution in [1.29, 1.82) is 0 Å². The number of rotatable bonds is 7. The fourth-order valence-corrected chi connectivity index (χ4v) is 2.80. The Balaban J connectivity index is 1.73. The maximum Gasteiger partial charge on any atom is 0.422 e. The molecule has 2 aromatic heterocycles. The van der Waals surface area contributed by atoms with Crippen molar-refractivity contribution in [3.05, 3.63) is 36.0 Å². The molecule has 168 valence electrons. The van der Waals surface area contributed by atoms with E-state index in [0.717, 1.165) is 17.3 Å². The third-order valence-electron chi connectivity index (χ3n) is 4.37. The number of pyridine rings is 1. The zero-order valence-electron chi connectivity index (χ0n) is 16.4. The second kappa shape index (κ2) is 8.88. The topological polar surface area (TPSA) is 110 Å². The summed E-state index contributed by atoms with van der Waals surface area (Å²) in [6, 6.07) is 1.45. The molecule has 2 N–H and O–H groups in total. The molecular weight excluding hydrogens is 426 g/mol. The molecular formula is C18H19F4N5O4. The van der Waals surface area contributed by atoms with Gasteiger partial charge < -0.3 is 19.9 Å². The van der Waals surface area contributed by atoms with Crippen LogP contribution in [-0.2, 0) is 4.74 Å². The molecule has 0 aliphatic carbocycles. The summed E-state index contributed by atoms with van der Waals surface area (Å²) in [5.74, 6) is -1.33. The average molecular weight is 445 g/mol. The number of amides is 1. The smallest absolute Gasteiger partial charge is 0.422 e. The highest BCUT2D eigenvalue weighted by atomic mass is 19.4. The summed E-state index contributed by atoms with van der Waals surface area (Å²) in [6.07, 6.45) is -4.29. The van der Waals surface area contributed by atoms with Crippen LogP contribution in [0.15, 0.2) is 24.5 Å². The van der Waals surface area contributed by atoms with Crippen molar-refractivity contribution in [2.45, 2.75) is 38.2 Å². The van der Waals surface area contributed by atoms with E-state index in [1.54, 1.807) is 6.92 Å². The molecule has 1 unspecified atom stereocenters. The molecule has 0 saturated carbocycles. The third-order valence-corrected chi connectivity index (χ3v) is 4.37. The lowest BCUT2D eigenvalue weighted by atomic mass is 10.2. The molecule has 13 heteroatoms. The van der Waals surface area contributed by atoms with Gasteiger partial charge in [0.25, 0.3) is 0 Å². The molecule has 1 amide bonds. The summed E-state index contributed by atoms with van der Waals surface area (Å²) >= 11 is 0. The average Bonchev–Trinajstić information content (AvgIpc) is 3.09. The van der Waals surface area contributed by atoms with Gasteiger partial charge in [-0.1, -0.05) is 0 Å². The number of alkyl halides is 3. The molecule has 0 spiro atoms. The molecule has 31 heavy (non-hydrogen) atoms. The number of ether oxygens (including phenoxy) is 2. The van der Waals surface area contributed by atoms with Crippen molar-refractivity contribution in [2.24, 2.45) is 0 Å². The minimum atomic E-state index is -4.46. The van der Waals surface area contributed by atoms with Crippen molar-refractivity contribution >= 4 is 17.9 Å². The van der Waals surface area contributed by atoms with Crippen molar-refractivity contribution in [2.75, 3.05) is 23.4 Å². The predicted molar refractivity (Wildman–Crippen MR) is 99.1 cm³/mol. The van der Waals surface area contributed by atoms with Crippen LogP contribution in [0.1, 0.15) is 25.6 Å². The first-order valence-corrected chi connectivity index (χ1v) is 9.14. The van der Waals surface area contributed by atoms with E-state index in [1.807, 2.05) is 0 Å². The molecule has 1 aliphatic rings. The van der Waals surface area contributed by atoms with Gasteiger partial charge in [-0.25, -0.2) is 19.1 Å². The van der Waals surface area contributed by atoms with E-state index in [1.165, 1.54) is 19.1 Å². The largest absolute Gasteiger partial charge is 0.483 e. The van der Waals surface area contributed by atoms with Crippen molar-refractivity contribution in [3.8, 4) is 5.75 Å². The SMILES string of the molecule is C[C@H](Nc1ncc(F)c(N2C(=O)OCC2[C@@H](C)O)n1)c1ccc(OCC(F)(F)F)cn1. The molecule has 3 rings (SSSR count). The van der Waals surface area contributed by atoms with E-state index in [-0.39, 0.29) is 24.1 Å². The Morgan fingerprint density at radius 2 is 2.06 bits per heavy atom. The van der Waals surface area contributed by atoms with Crippen LogP contribution < -0.4 is 15.0 Å². The van der Waals surface area contributed by atoms with Gasteiger partial charge in [-0.3, -0.25) is 4.98 Å². The van der Waals surface area contributed by atoms with E-state index in [9.17, 15) is 27.5 Å². The van der Waals surface area contributed by atoms with Gasteiger partial charge in [0.1, 0.15) is 18.4 Å². The van der Waals surface area contributed by atoms with E-state index < -0.39 is 42.9 Å². The van der Waals surface area contributed by atoms with Crippen LogP contribution in [-0.4, -0.2) is 57.7 Å². The normalized spacial score (nSPS) is 18.5. The summed E-state index contributed by atoms with van der Waals surface area (Å²) in [4.78, 5) is 24.8. The zero-order chi connectivity index (χ0) is 22.8. The van der Waals surface area contributed by atoms with Crippen molar-refractivity contribution in [3.63, 3.8) is 0 Å². The van der Waals surface area contributed by atoms with E-state index >= 15 is 0 Å². The number of nitrogens with zero attached hydrogens (tertiary/aromatic N) is 4. The first-order chi connectivity index (χ1) is 14.5. The Morgan fingerprint density at radius 1 is 1.32 bits per heavy atom. The second-order valence-electron chi connectivity index (χ2n) is 6.81. The van der Waals surface area contributed by atoms with Gasteiger partial charge in [0.05, 0.1) is 30.2 Å². The number of carbonyl (C=O) groups is 1. The number of aromatic nitrogens is 3. The first-order valence-electron chi connectivity index (χ1n) is 9.14. The van der Waals surface area contributed by atoms with E-state index in [4.69, 9.17) is 4.74 Å². The number of hydrogen-bond donors (Lipinski definition) is 2. The standard InChI is InChI=1S/C18H19F4N5O4/c1-9(13-4-3-11(5-23-13)31-8-18(20,21)22)25-16-24-6-12(19)15(26-16)27-14(10(2)28)7-30-17(27)29/h3-6,9-10,14,28H,7-8H2,1-2H3,(H,24,25,26)/t9-,10+,14?/m0/s1. The fraction of sp³-hybridized carbons (Fsp3) is 0.444. The Morgan fingerprint density at radius 3 is 2.68 bits per heavy atom. The Labute approximate surface area is 174 Å². The summed E-state index contributed by atoms with van der Waals surface area (Å²) in [5, 5.41) is 12.7. The fourth-order valence-electron chi connectivity index (χ4n) is 2.80. The van der Waals surface area contributed by atoms with Gasteiger partial charge in [0.2, 0.25) is 5.95 Å². The van der Waals surface area contributed by atoms with Crippen LogP contribution in [0.25, 0.3) is 0 Å². The van der Waals surface area contributed by atoms with Gasteiger partial charge in [0, 0.05) is 0 Å². The number of cyclic esters (lactones) is 1. The minimum absolute atomic E-state index is 0.0351. The number of aliphatic hydroxyl groups excluding tert-OH is 1. The van der Waals surface area contributed by atoms with E-state index in [2.05, 4.69) is 25.0 Å². The lowest BCUT2D eigenvalue weighted by Crippen LogP contribution is -2.42. The van der Waals surface area contributed by atoms with Gasteiger partial charge in [-0.05, 0) is 26.0 Å². The minimum Gasteiger partial charge on any atom is -0.483 e. The summed E-state index contributed by atoms with van der Waals surface area (Å²) in [6.45, 7) is 1.56. The summed E-state index contributed by atoms with van der Waals surface area (Å²) < 4.78 is 60.4. The molecule has 1 aliphatic heterocycles. The lowest BCUT2D eigenvalue weighted by molar-refractivity contribution is -0.153. The molecule has 1 saturated heterocycles. The molecule has 3 atom stereocenters. The Kier molecular flexibility index (Phi) is 6.43. The first kappa shape index (κ1) is 22.5. The number of carbonyl (C=O) groups excluding carboxylic acids is 1. The third kappa shape index (κ3) is 5.48. The van der Waals surface area contributed by atoms with Crippen molar-refractivity contribution < 1.29 is 36.9 Å². The number of hydrogen-bond acceptors (Lipinski definition) is 8. The number of nitrogens with one attached hydrogen (secondary N) is 1. The van der Waals surface area contributed by atoms with Gasteiger partial charge in [-0.15, -0.1) is 0 Å². The van der Waals surface area contributed by atoms with Crippen LogP contribution in [0, 0.1) is 5.82 Å². The van der Waals surface area contributed by atoms with Crippen LogP contribution >= 0.6 is 0 Å². The van der Waals surface area contributed by atoms with Gasteiger partial charge in [0.15, 0.2) is 18.2 Å². The molecule has 3 heterocycles. The van der Waals surface area contributed by atoms with Crippen LogP contribution in [0.3, 0.4) is 0 Å². The highest BCUT2D eigenvalue weighted by molar-refractivity contribution is 5.89. The predicted octanol–water partition coefficient (Wildman–Crippen LogP) is 2.83. The second-order valence-corrected chi connectivity index (χ2v) is 6.81. The van der Waals surface area contributed by atoms with Crippen molar-refractivity contribution in [1.82, 2.24) is 15.0 Å². The lowest BCUT2D eigenvalue weighted by Gasteiger charge is -2.23. The summed E-state index contributed by atoms with van der Waals surface area (Å²) in [7, 11) is 0. The van der Waals surface area contributed by atoms with Crippen LogP contribution in [0.5, 0.6) is 5.75 Å². The zero-order valence-corrected chi connectivity index (χ0v) is 16.4. The molecule has 9 nitrogen and oxygen atoms in total. The molecule has 0 radical (unpaired) electrons. The van der Waals surface area contributed by atoms with Crippen LogP contribution in [0.4, 0.5) is 34.1 Å². The monoisotopic (exact) mass is 445 g/mol. The van der Waals surface area contributed by atoms with Gasteiger partial charge in [-0.2, -0.15) is 18.2 Å². The van der Waals surface area contributed by atoms with Crippen LogP contribution in [0.2, 0.25) is 0 Å². The Bertz CT molecular complexity index is 926. The number of anilines is 2.